The molecule has 0 unspecified atom stereocenters. The summed E-state index contributed by atoms with van der Waals surface area (Å²) in [6, 6.07) is 1.97. The van der Waals surface area contributed by atoms with E-state index in [1.54, 1.807) is 6.92 Å². The highest BCUT2D eigenvalue weighted by Crippen LogP contribution is 2.40. The van der Waals surface area contributed by atoms with E-state index in [0.717, 1.165) is 6.08 Å². The molecule has 0 radical (unpaired) electrons. The van der Waals surface area contributed by atoms with Gasteiger partial charge in [0.2, 0.25) is 12.0 Å². The summed E-state index contributed by atoms with van der Waals surface area (Å²) < 4.78 is 56.1. The Morgan fingerprint density at radius 2 is 1.82 bits per heavy atom. The molecule has 1 aromatic carbocycles. The van der Waals surface area contributed by atoms with E-state index in [4.69, 9.17) is 37.3 Å². The third kappa shape index (κ3) is 9.43. The first-order valence-corrected chi connectivity index (χ1v) is 12.1. The first kappa shape index (κ1) is 30.7. The Morgan fingerprint density at radius 3 is 2.42 bits per heavy atom. The van der Waals surface area contributed by atoms with E-state index in [2.05, 4.69) is 10.3 Å². The molecule has 10 nitrogen and oxygen atoms in total. The number of rotatable bonds is 12. The number of fused-ring (bicyclic) bond motifs is 1. The lowest BCUT2D eigenvalue weighted by Crippen LogP contribution is -2.41. The SMILES string of the molecule is CC(=O)N[C@@H](CCCN=C(N)N)C(=O)OCCCCOC(=O)C1=Cc2cc(Cl)cc(C)c2O[C@@H]1C(F)(F)F. The summed E-state index contributed by atoms with van der Waals surface area (Å²) in [5.41, 5.74) is 10.4. The standard InChI is InChI=1S/C24H30ClF3N4O6/c1-13-10-16(25)11-15-12-17(20(24(26,27)28)38-19(13)15)21(34)36-8-3-4-9-37-22(35)18(32-14(2)33)6-5-7-31-23(29)30/h10-12,18,20H,3-9H2,1-2H3,(H,32,33)(H4,29,30,31)/t18-,20-/m0/s1. The molecule has 0 aliphatic carbocycles. The summed E-state index contributed by atoms with van der Waals surface area (Å²) in [6.45, 7) is 2.81. The van der Waals surface area contributed by atoms with Gasteiger partial charge in [-0.15, -0.1) is 0 Å². The minimum atomic E-state index is -4.85. The van der Waals surface area contributed by atoms with Crippen molar-refractivity contribution in [2.45, 2.75) is 57.9 Å². The lowest BCUT2D eigenvalue weighted by atomic mass is 9.99. The van der Waals surface area contributed by atoms with Crippen LogP contribution in [0.5, 0.6) is 5.75 Å². The zero-order valence-electron chi connectivity index (χ0n) is 20.9. The van der Waals surface area contributed by atoms with Gasteiger partial charge in [-0.25, -0.2) is 9.59 Å². The van der Waals surface area contributed by atoms with Gasteiger partial charge in [0, 0.05) is 24.1 Å². The quantitative estimate of drug-likeness (QED) is 0.152. The molecule has 0 fully saturated rings. The van der Waals surface area contributed by atoms with Crippen molar-refractivity contribution in [1.82, 2.24) is 5.32 Å². The molecule has 1 amide bonds. The monoisotopic (exact) mass is 562 g/mol. The van der Waals surface area contributed by atoms with E-state index >= 15 is 0 Å². The predicted molar refractivity (Wildman–Crippen MR) is 133 cm³/mol. The Balaban J connectivity index is 1.87. The number of unbranched alkanes of at least 4 members (excludes halogenated alkanes) is 1. The van der Waals surface area contributed by atoms with Crippen molar-refractivity contribution in [1.29, 1.82) is 0 Å². The van der Waals surface area contributed by atoms with Crippen LogP contribution in [0.3, 0.4) is 0 Å². The van der Waals surface area contributed by atoms with Gasteiger partial charge >= 0.3 is 18.1 Å². The maximum absolute atomic E-state index is 13.6. The smallest absolute Gasteiger partial charge is 0.430 e. The van der Waals surface area contributed by atoms with Crippen molar-refractivity contribution in [3.8, 4) is 5.75 Å². The number of nitrogens with zero attached hydrogens (tertiary/aromatic N) is 1. The second kappa shape index (κ2) is 13.9. The van der Waals surface area contributed by atoms with E-state index in [1.807, 2.05) is 0 Å². The molecule has 14 heteroatoms. The van der Waals surface area contributed by atoms with Crippen LogP contribution in [0.1, 0.15) is 43.7 Å². The molecule has 2 rings (SSSR count). The average molecular weight is 563 g/mol. The third-order valence-corrected chi connectivity index (χ3v) is 5.47. The van der Waals surface area contributed by atoms with Crippen LogP contribution in [0.2, 0.25) is 5.02 Å². The lowest BCUT2D eigenvalue weighted by molar-refractivity contribution is -0.188. The number of ether oxygens (including phenoxy) is 3. The van der Waals surface area contributed by atoms with Gasteiger partial charge in [-0.1, -0.05) is 11.6 Å². The largest absolute Gasteiger partial charge is 0.475 e. The van der Waals surface area contributed by atoms with Gasteiger partial charge in [0.05, 0.1) is 18.8 Å². The van der Waals surface area contributed by atoms with Crippen LogP contribution >= 0.6 is 11.6 Å². The average Bonchev–Trinajstić information content (AvgIpc) is 2.81. The molecule has 0 aromatic heterocycles. The van der Waals surface area contributed by atoms with Crippen molar-refractivity contribution in [3.05, 3.63) is 33.9 Å². The second-order valence-corrected chi connectivity index (χ2v) is 8.93. The number of benzene rings is 1. The number of aliphatic imine (C=N–C) groups is 1. The number of esters is 2. The minimum Gasteiger partial charge on any atom is -0.475 e. The number of guanidine groups is 1. The Hall–Kier alpha value is -3.48. The molecule has 38 heavy (non-hydrogen) atoms. The topological polar surface area (TPSA) is 155 Å². The van der Waals surface area contributed by atoms with Gasteiger partial charge in [-0.2, -0.15) is 13.2 Å². The highest BCUT2D eigenvalue weighted by atomic mass is 35.5. The zero-order chi connectivity index (χ0) is 28.5. The van der Waals surface area contributed by atoms with Crippen LogP contribution in [0, 0.1) is 6.92 Å². The third-order valence-electron chi connectivity index (χ3n) is 5.25. The number of carbonyl (C=O) groups excluding carboxylic acids is 3. The summed E-state index contributed by atoms with van der Waals surface area (Å²) in [6.07, 6.45) is -5.13. The lowest BCUT2D eigenvalue weighted by Gasteiger charge is -2.29. The van der Waals surface area contributed by atoms with Gasteiger partial charge < -0.3 is 31.0 Å². The molecule has 0 saturated heterocycles. The molecule has 0 saturated carbocycles. The number of alkyl halides is 3. The van der Waals surface area contributed by atoms with E-state index in [9.17, 15) is 27.6 Å². The van der Waals surface area contributed by atoms with Crippen LogP contribution in [-0.2, 0) is 23.9 Å². The number of hydrogen-bond acceptors (Lipinski definition) is 7. The molecule has 210 valence electrons. The highest BCUT2D eigenvalue weighted by molar-refractivity contribution is 6.30. The van der Waals surface area contributed by atoms with Crippen molar-refractivity contribution in [2.24, 2.45) is 16.5 Å². The van der Waals surface area contributed by atoms with Crippen molar-refractivity contribution in [2.75, 3.05) is 19.8 Å². The maximum atomic E-state index is 13.6. The number of amides is 1. The Morgan fingerprint density at radius 1 is 1.16 bits per heavy atom. The number of nitrogens with one attached hydrogen (secondary N) is 1. The maximum Gasteiger partial charge on any atom is 0.430 e. The van der Waals surface area contributed by atoms with Crippen LogP contribution in [0.4, 0.5) is 13.2 Å². The Labute approximate surface area is 222 Å². The molecule has 0 spiro atoms. The van der Waals surface area contributed by atoms with Crippen LogP contribution in [0.15, 0.2) is 22.7 Å². The Bertz CT molecular complexity index is 1090. The number of halogens is 4. The second-order valence-electron chi connectivity index (χ2n) is 8.49. The van der Waals surface area contributed by atoms with Gasteiger partial charge in [-0.3, -0.25) is 9.79 Å². The van der Waals surface area contributed by atoms with Crippen molar-refractivity contribution >= 4 is 41.5 Å². The van der Waals surface area contributed by atoms with Crippen LogP contribution in [-0.4, -0.2) is 61.9 Å². The normalized spacial score (nSPS) is 15.3. The first-order valence-electron chi connectivity index (χ1n) is 11.7. The summed E-state index contributed by atoms with van der Waals surface area (Å²) in [5, 5.41) is 2.77. The first-order chi connectivity index (χ1) is 17.8. The fourth-order valence-electron chi connectivity index (χ4n) is 3.58. The summed E-state index contributed by atoms with van der Waals surface area (Å²) in [4.78, 5) is 39.9. The van der Waals surface area contributed by atoms with E-state index < -0.39 is 41.7 Å². The summed E-state index contributed by atoms with van der Waals surface area (Å²) >= 11 is 5.98. The molecule has 2 atom stereocenters. The van der Waals surface area contributed by atoms with Gasteiger partial charge in [0.15, 0.2) is 5.96 Å². The summed E-state index contributed by atoms with van der Waals surface area (Å²) in [5.74, 6) is -2.36. The van der Waals surface area contributed by atoms with Gasteiger partial charge in [0.1, 0.15) is 11.8 Å². The molecule has 1 aromatic rings. The molecule has 5 N–H and O–H groups in total. The van der Waals surface area contributed by atoms with Crippen molar-refractivity contribution in [3.63, 3.8) is 0 Å². The predicted octanol–water partition coefficient (Wildman–Crippen LogP) is 2.78. The van der Waals surface area contributed by atoms with E-state index in [-0.39, 0.29) is 61.3 Å². The van der Waals surface area contributed by atoms with E-state index in [1.165, 1.54) is 19.1 Å². The highest BCUT2D eigenvalue weighted by Gasteiger charge is 2.49. The number of hydrogen-bond donors (Lipinski definition) is 3. The number of carbonyl (C=O) groups is 3. The van der Waals surface area contributed by atoms with Gasteiger partial charge in [-0.05, 0) is 56.4 Å². The van der Waals surface area contributed by atoms with Crippen LogP contribution < -0.4 is 21.5 Å². The fraction of sp³-hybridized carbons (Fsp3) is 0.500. The molecule has 1 heterocycles. The molecule has 1 aliphatic rings. The van der Waals surface area contributed by atoms with Crippen LogP contribution in [0.25, 0.3) is 6.08 Å². The number of aryl methyl sites for hydroxylation is 1. The Kier molecular flexibility index (Phi) is 11.2. The molecule has 0 bridgehead atoms. The fourth-order valence-corrected chi connectivity index (χ4v) is 3.86. The van der Waals surface area contributed by atoms with E-state index in [0.29, 0.717) is 12.0 Å². The van der Waals surface area contributed by atoms with Gasteiger partial charge in [0.25, 0.3) is 0 Å². The van der Waals surface area contributed by atoms with Crippen molar-refractivity contribution < 1.29 is 41.8 Å². The summed E-state index contributed by atoms with van der Waals surface area (Å²) in [7, 11) is 0. The molecular formula is C24H30ClF3N4O6. The molecule has 1 aliphatic heterocycles. The molecular weight excluding hydrogens is 533 g/mol. The minimum absolute atomic E-state index is 0.0103. The zero-order valence-corrected chi connectivity index (χ0v) is 21.7. The number of nitrogens with two attached hydrogens (primary N) is 2.